The van der Waals surface area contributed by atoms with E-state index in [2.05, 4.69) is 17.2 Å². The Labute approximate surface area is 238 Å². The van der Waals surface area contributed by atoms with Crippen LogP contribution in [0.15, 0.2) is 78.9 Å². The van der Waals surface area contributed by atoms with E-state index in [4.69, 9.17) is 5.10 Å². The van der Waals surface area contributed by atoms with Gasteiger partial charge in [0.25, 0.3) is 5.91 Å². The summed E-state index contributed by atoms with van der Waals surface area (Å²) in [6, 6.07) is 12.2. The topological polar surface area (TPSA) is 96.3 Å². The molecule has 0 spiro atoms. The number of hydrogen-bond donors (Lipinski definition) is 2. The van der Waals surface area contributed by atoms with Gasteiger partial charge in [-0.15, -0.1) is 0 Å². The molecule has 2 N–H and O–H groups in total. The molecule has 1 unspecified atom stereocenters. The lowest BCUT2D eigenvalue weighted by molar-refractivity contribution is -0.128. The van der Waals surface area contributed by atoms with Gasteiger partial charge in [-0.1, -0.05) is 49.9 Å². The molecular formula is C32H32FN5O3. The first-order valence-corrected chi connectivity index (χ1v) is 13.5. The number of nitrogens with one attached hydrogen (secondary N) is 2. The van der Waals surface area contributed by atoms with Gasteiger partial charge in [0.15, 0.2) is 5.69 Å². The first-order chi connectivity index (χ1) is 19.7. The molecule has 2 heterocycles. The molecule has 41 heavy (non-hydrogen) atoms. The van der Waals surface area contributed by atoms with Crippen molar-refractivity contribution in [2.45, 2.75) is 45.8 Å². The summed E-state index contributed by atoms with van der Waals surface area (Å²) < 4.78 is 16.3. The van der Waals surface area contributed by atoms with Crippen molar-refractivity contribution in [3.05, 3.63) is 118 Å². The van der Waals surface area contributed by atoms with Crippen molar-refractivity contribution in [2.75, 3.05) is 11.9 Å². The van der Waals surface area contributed by atoms with Gasteiger partial charge in [0.2, 0.25) is 11.8 Å². The first kappa shape index (κ1) is 27.8. The summed E-state index contributed by atoms with van der Waals surface area (Å²) in [7, 11) is 0. The summed E-state index contributed by atoms with van der Waals surface area (Å²) in [5.41, 5.74) is 5.31. The second-order valence-electron chi connectivity index (χ2n) is 10.5. The van der Waals surface area contributed by atoms with Crippen LogP contribution in [0.3, 0.4) is 0 Å². The quantitative estimate of drug-likeness (QED) is 0.393. The molecule has 0 fully saturated rings. The molecule has 0 saturated carbocycles. The maximum Gasteiger partial charge on any atom is 0.276 e. The smallest absolute Gasteiger partial charge is 0.276 e. The minimum Gasteiger partial charge on any atom is -0.348 e. The number of hydrogen-bond acceptors (Lipinski definition) is 4. The van der Waals surface area contributed by atoms with Gasteiger partial charge >= 0.3 is 0 Å². The summed E-state index contributed by atoms with van der Waals surface area (Å²) in [6.07, 6.45) is 7.39. The lowest BCUT2D eigenvalue weighted by Crippen LogP contribution is -2.39. The number of benzene rings is 2. The van der Waals surface area contributed by atoms with Gasteiger partial charge in [-0.2, -0.15) is 5.10 Å². The molecular weight excluding hydrogens is 521 g/mol. The van der Waals surface area contributed by atoms with Crippen molar-refractivity contribution in [1.82, 2.24) is 20.0 Å². The van der Waals surface area contributed by atoms with Gasteiger partial charge in [0.05, 0.1) is 13.1 Å². The number of halogens is 1. The van der Waals surface area contributed by atoms with Crippen molar-refractivity contribution >= 4 is 23.4 Å². The van der Waals surface area contributed by atoms with Gasteiger partial charge in [0, 0.05) is 47.1 Å². The predicted octanol–water partition coefficient (Wildman–Crippen LogP) is 4.77. The van der Waals surface area contributed by atoms with E-state index in [-0.39, 0.29) is 43.1 Å². The van der Waals surface area contributed by atoms with Gasteiger partial charge in [-0.25, -0.2) is 4.39 Å². The zero-order chi connectivity index (χ0) is 29.1. The zero-order valence-electron chi connectivity index (χ0n) is 23.1. The summed E-state index contributed by atoms with van der Waals surface area (Å²) >= 11 is 0. The van der Waals surface area contributed by atoms with Crippen LogP contribution in [-0.4, -0.2) is 38.9 Å². The Balaban J connectivity index is 1.48. The molecule has 2 aliphatic rings. The first-order valence-electron chi connectivity index (χ1n) is 13.5. The standard InChI is InChI=1S/C32H32FN5O3/c1-4-28(39)34-16-24-15-22(12-13-27(24)33)18-38-30-21(3)17-37(32(41)23-9-5-6-10-23)19-26(30)29(36-38)31(40)35-25-11-7-8-20(2)14-25/h4-9,11-15,21H,1,10,16-19H2,2-3H3,(H,34,39)(H,35,40). The second-order valence-corrected chi connectivity index (χ2v) is 10.5. The normalized spacial score (nSPS) is 15.7. The fourth-order valence-corrected chi connectivity index (χ4v) is 5.36. The van der Waals surface area contributed by atoms with Crippen LogP contribution < -0.4 is 10.6 Å². The molecule has 3 aromatic rings. The van der Waals surface area contributed by atoms with E-state index in [1.807, 2.05) is 56.3 Å². The molecule has 2 aromatic carbocycles. The minimum absolute atomic E-state index is 0.0179. The third kappa shape index (κ3) is 6.04. The van der Waals surface area contributed by atoms with Crippen LogP contribution in [0, 0.1) is 12.7 Å². The number of aromatic nitrogens is 2. The lowest BCUT2D eigenvalue weighted by Gasteiger charge is -2.32. The SMILES string of the molecule is C=CC(=O)NCc1cc(Cn2nc(C(=O)Nc3cccc(C)c3)c3c2C(C)CN(C(=O)C2=CC=CC2)C3)ccc1F. The molecule has 1 aliphatic heterocycles. The van der Waals surface area contributed by atoms with Crippen molar-refractivity contribution in [3.8, 4) is 0 Å². The Bertz CT molecular complexity index is 1600. The fourth-order valence-electron chi connectivity index (χ4n) is 5.36. The van der Waals surface area contributed by atoms with Gasteiger partial charge < -0.3 is 15.5 Å². The van der Waals surface area contributed by atoms with E-state index in [0.29, 0.717) is 29.8 Å². The maximum atomic E-state index is 14.5. The van der Waals surface area contributed by atoms with Crippen LogP contribution in [0.25, 0.3) is 0 Å². The van der Waals surface area contributed by atoms with Gasteiger partial charge in [-0.05, 0) is 54.8 Å². The maximum absolute atomic E-state index is 14.5. The highest BCUT2D eigenvalue weighted by Gasteiger charge is 2.35. The number of nitrogens with zero attached hydrogens (tertiary/aromatic N) is 3. The Morgan fingerprint density at radius 1 is 1.20 bits per heavy atom. The number of aryl methyl sites for hydroxylation is 1. The molecule has 5 rings (SSSR count). The van der Waals surface area contributed by atoms with Crippen molar-refractivity contribution < 1.29 is 18.8 Å². The Kier molecular flexibility index (Phi) is 7.96. The lowest BCUT2D eigenvalue weighted by atomic mass is 9.95. The minimum atomic E-state index is -0.433. The average molecular weight is 554 g/mol. The number of amides is 3. The number of rotatable bonds is 8. The van der Waals surface area contributed by atoms with Crippen LogP contribution in [-0.2, 0) is 29.2 Å². The highest BCUT2D eigenvalue weighted by Crippen LogP contribution is 2.33. The van der Waals surface area contributed by atoms with Crippen molar-refractivity contribution in [2.24, 2.45) is 0 Å². The molecule has 1 aromatic heterocycles. The van der Waals surface area contributed by atoms with E-state index >= 15 is 0 Å². The highest BCUT2D eigenvalue weighted by atomic mass is 19.1. The Morgan fingerprint density at radius 3 is 2.76 bits per heavy atom. The average Bonchev–Trinajstić information content (AvgIpc) is 3.62. The molecule has 8 nitrogen and oxygen atoms in total. The zero-order valence-corrected chi connectivity index (χ0v) is 23.1. The number of carbonyl (C=O) groups excluding carboxylic acids is 3. The van der Waals surface area contributed by atoms with E-state index in [9.17, 15) is 18.8 Å². The van der Waals surface area contributed by atoms with Crippen molar-refractivity contribution in [1.29, 1.82) is 0 Å². The molecule has 210 valence electrons. The summed E-state index contributed by atoms with van der Waals surface area (Å²) in [6.45, 7) is 8.43. The fraction of sp³-hybridized carbons (Fsp3) is 0.250. The summed E-state index contributed by atoms with van der Waals surface area (Å²) in [5.74, 6) is -1.33. The molecule has 0 radical (unpaired) electrons. The van der Waals surface area contributed by atoms with Crippen LogP contribution in [0.2, 0.25) is 0 Å². The monoisotopic (exact) mass is 553 g/mol. The van der Waals surface area contributed by atoms with E-state index < -0.39 is 11.7 Å². The van der Waals surface area contributed by atoms with E-state index in [1.54, 1.807) is 21.7 Å². The van der Waals surface area contributed by atoms with Crippen LogP contribution in [0.1, 0.15) is 57.7 Å². The predicted molar refractivity (Wildman–Crippen MR) is 155 cm³/mol. The highest BCUT2D eigenvalue weighted by molar-refractivity contribution is 6.04. The van der Waals surface area contributed by atoms with Crippen molar-refractivity contribution in [3.63, 3.8) is 0 Å². The van der Waals surface area contributed by atoms with Gasteiger partial charge in [-0.3, -0.25) is 19.1 Å². The molecule has 1 atom stereocenters. The number of fused-ring (bicyclic) bond motifs is 1. The summed E-state index contributed by atoms with van der Waals surface area (Å²) in [5, 5.41) is 10.3. The third-order valence-electron chi connectivity index (χ3n) is 7.31. The van der Waals surface area contributed by atoms with E-state index in [1.165, 1.54) is 6.07 Å². The molecule has 1 aliphatic carbocycles. The molecule has 0 bridgehead atoms. The second kappa shape index (κ2) is 11.8. The number of carbonyl (C=O) groups is 3. The van der Waals surface area contributed by atoms with E-state index in [0.717, 1.165) is 28.5 Å². The third-order valence-corrected chi connectivity index (χ3v) is 7.31. The van der Waals surface area contributed by atoms with Crippen LogP contribution >= 0.6 is 0 Å². The number of anilines is 1. The molecule has 3 amide bonds. The number of allylic oxidation sites excluding steroid dienone is 3. The van der Waals surface area contributed by atoms with Crippen LogP contribution in [0.5, 0.6) is 0 Å². The largest absolute Gasteiger partial charge is 0.348 e. The molecule has 9 heteroatoms. The molecule has 0 saturated heterocycles. The Hall–Kier alpha value is -4.79. The Morgan fingerprint density at radius 2 is 2.02 bits per heavy atom. The summed E-state index contributed by atoms with van der Waals surface area (Å²) in [4.78, 5) is 40.2. The van der Waals surface area contributed by atoms with Gasteiger partial charge in [0.1, 0.15) is 5.82 Å². The van der Waals surface area contributed by atoms with Crippen LogP contribution in [0.4, 0.5) is 10.1 Å².